The highest BCUT2D eigenvalue weighted by atomic mass is 35.5. The van der Waals surface area contributed by atoms with Gasteiger partial charge >= 0.3 is 0 Å². The number of imidazole rings is 1. The van der Waals surface area contributed by atoms with Crippen molar-refractivity contribution in [1.29, 1.82) is 0 Å². The second-order valence-corrected chi connectivity index (χ2v) is 4.37. The highest BCUT2D eigenvalue weighted by Crippen LogP contribution is 2.24. The molecule has 0 bridgehead atoms. The third-order valence-corrected chi connectivity index (χ3v) is 3.35. The van der Waals surface area contributed by atoms with Crippen molar-refractivity contribution >= 4 is 11.6 Å². The topological polar surface area (TPSA) is 58.5 Å². The maximum Gasteiger partial charge on any atom is 0.123 e. The van der Waals surface area contributed by atoms with Crippen LogP contribution in [0.2, 0.25) is 5.02 Å². The Morgan fingerprint density at radius 1 is 1.59 bits per heavy atom. The van der Waals surface area contributed by atoms with E-state index in [2.05, 4.69) is 20.4 Å². The molecule has 0 aliphatic rings. The lowest BCUT2D eigenvalue weighted by molar-refractivity contribution is 0.538. The predicted molar refractivity (Wildman–Crippen MR) is 67.0 cm³/mol. The van der Waals surface area contributed by atoms with E-state index in [0.29, 0.717) is 0 Å². The van der Waals surface area contributed by atoms with Gasteiger partial charge in [0.25, 0.3) is 0 Å². The van der Waals surface area contributed by atoms with Gasteiger partial charge in [0.2, 0.25) is 0 Å². The molecule has 6 heteroatoms. The summed E-state index contributed by atoms with van der Waals surface area (Å²) in [5.41, 5.74) is 1.87. The Morgan fingerprint density at radius 2 is 2.35 bits per heavy atom. The maximum atomic E-state index is 6.23. The Morgan fingerprint density at radius 3 is 2.82 bits per heavy atom. The number of aromatic amines is 1. The predicted octanol–water partition coefficient (Wildman–Crippen LogP) is 1.61. The Bertz CT molecular complexity index is 488. The van der Waals surface area contributed by atoms with Crippen molar-refractivity contribution in [3.63, 3.8) is 0 Å². The summed E-state index contributed by atoms with van der Waals surface area (Å²) in [6.07, 6.45) is 4.31. The molecule has 0 radical (unpaired) electrons. The smallest absolute Gasteiger partial charge is 0.123 e. The van der Waals surface area contributed by atoms with Crippen LogP contribution in [0, 0.1) is 6.92 Å². The monoisotopic (exact) mass is 253 g/mol. The molecular formula is C11H16ClN5. The van der Waals surface area contributed by atoms with Gasteiger partial charge in [0.05, 0.1) is 22.5 Å². The molecule has 0 saturated carbocycles. The fourth-order valence-corrected chi connectivity index (χ4v) is 2.14. The van der Waals surface area contributed by atoms with Crippen LogP contribution in [0.5, 0.6) is 0 Å². The third kappa shape index (κ3) is 2.35. The molecular weight excluding hydrogens is 238 g/mol. The van der Waals surface area contributed by atoms with Gasteiger partial charge in [0, 0.05) is 25.9 Å². The first kappa shape index (κ1) is 12.1. The Hall–Kier alpha value is -1.33. The van der Waals surface area contributed by atoms with Crippen LogP contribution in [0.1, 0.15) is 23.3 Å². The average Bonchev–Trinajstić information content (AvgIpc) is 2.89. The van der Waals surface area contributed by atoms with Gasteiger partial charge in [-0.15, -0.1) is 0 Å². The normalized spacial score (nSPS) is 12.9. The second-order valence-electron chi connectivity index (χ2n) is 3.99. The number of nitrogens with one attached hydrogen (secondary N) is 2. The van der Waals surface area contributed by atoms with Crippen LogP contribution in [0.25, 0.3) is 0 Å². The molecule has 0 spiro atoms. The first-order valence-corrected chi connectivity index (χ1v) is 5.85. The third-order valence-electron chi connectivity index (χ3n) is 2.86. The summed E-state index contributed by atoms with van der Waals surface area (Å²) >= 11 is 6.23. The van der Waals surface area contributed by atoms with Gasteiger partial charge in [-0.1, -0.05) is 11.6 Å². The number of rotatable bonds is 4. The van der Waals surface area contributed by atoms with Gasteiger partial charge in [-0.25, -0.2) is 4.98 Å². The van der Waals surface area contributed by atoms with Gasteiger partial charge in [-0.3, -0.25) is 4.68 Å². The lowest BCUT2D eigenvalue weighted by atomic mass is 10.1. The van der Waals surface area contributed by atoms with Crippen LogP contribution in [-0.4, -0.2) is 26.8 Å². The van der Waals surface area contributed by atoms with Gasteiger partial charge in [0.15, 0.2) is 0 Å². The van der Waals surface area contributed by atoms with E-state index in [4.69, 9.17) is 11.6 Å². The summed E-state index contributed by atoms with van der Waals surface area (Å²) in [4.78, 5) is 7.37. The fourth-order valence-electron chi connectivity index (χ4n) is 1.90. The molecule has 2 aromatic heterocycles. The van der Waals surface area contributed by atoms with E-state index in [0.717, 1.165) is 28.7 Å². The molecule has 17 heavy (non-hydrogen) atoms. The fraction of sp³-hybridized carbons (Fsp3) is 0.455. The summed E-state index contributed by atoms with van der Waals surface area (Å²) in [6, 6.07) is 0.109. The quantitative estimate of drug-likeness (QED) is 0.870. The number of likely N-dealkylation sites (N-methyl/N-ethyl adjacent to an activating group) is 1. The average molecular weight is 254 g/mol. The minimum absolute atomic E-state index is 0.109. The van der Waals surface area contributed by atoms with Crippen LogP contribution in [0.4, 0.5) is 0 Å². The number of H-pyrrole nitrogens is 1. The van der Waals surface area contributed by atoms with Crippen molar-refractivity contribution in [3.05, 3.63) is 34.6 Å². The van der Waals surface area contributed by atoms with Crippen molar-refractivity contribution in [2.45, 2.75) is 19.4 Å². The SMILES string of the molecule is CNC(Cc1c(Cl)c(C)nn1C)c1ncc[nH]1. The summed E-state index contributed by atoms with van der Waals surface area (Å²) in [6.45, 7) is 1.91. The van der Waals surface area contributed by atoms with Gasteiger partial charge < -0.3 is 10.3 Å². The van der Waals surface area contributed by atoms with Gasteiger partial charge in [0.1, 0.15) is 5.82 Å². The molecule has 0 fully saturated rings. The number of nitrogens with zero attached hydrogens (tertiary/aromatic N) is 3. The molecule has 2 N–H and O–H groups in total. The van der Waals surface area contributed by atoms with Crippen LogP contribution in [-0.2, 0) is 13.5 Å². The van der Waals surface area contributed by atoms with Crippen molar-refractivity contribution < 1.29 is 0 Å². The molecule has 92 valence electrons. The van der Waals surface area contributed by atoms with E-state index in [-0.39, 0.29) is 6.04 Å². The molecule has 2 heterocycles. The number of aryl methyl sites for hydroxylation is 2. The number of hydrogen-bond acceptors (Lipinski definition) is 3. The van der Waals surface area contributed by atoms with E-state index in [9.17, 15) is 0 Å². The minimum Gasteiger partial charge on any atom is -0.347 e. The second kappa shape index (κ2) is 4.89. The highest BCUT2D eigenvalue weighted by molar-refractivity contribution is 6.31. The standard InChI is InChI=1S/C11H16ClN5/c1-7-10(12)9(17(3)16-7)6-8(13-2)11-14-4-5-15-11/h4-5,8,13H,6H2,1-3H3,(H,14,15). The van der Waals surface area contributed by atoms with Crippen molar-refractivity contribution in [2.75, 3.05) is 7.05 Å². The first-order chi connectivity index (χ1) is 8.13. The molecule has 1 unspecified atom stereocenters. The van der Waals surface area contributed by atoms with Crippen molar-refractivity contribution in [1.82, 2.24) is 25.1 Å². The summed E-state index contributed by atoms with van der Waals surface area (Å²) in [7, 11) is 3.81. The molecule has 0 saturated heterocycles. The van der Waals surface area contributed by atoms with E-state index in [1.54, 1.807) is 6.20 Å². The molecule has 0 amide bonds. The van der Waals surface area contributed by atoms with E-state index >= 15 is 0 Å². The maximum absolute atomic E-state index is 6.23. The van der Waals surface area contributed by atoms with Crippen LogP contribution in [0.15, 0.2) is 12.4 Å². The van der Waals surface area contributed by atoms with Crippen LogP contribution in [0.3, 0.4) is 0 Å². The summed E-state index contributed by atoms with van der Waals surface area (Å²) in [5.74, 6) is 0.905. The molecule has 0 aliphatic carbocycles. The first-order valence-electron chi connectivity index (χ1n) is 5.48. The Kier molecular flexibility index (Phi) is 3.49. The van der Waals surface area contributed by atoms with Crippen molar-refractivity contribution in [2.24, 2.45) is 7.05 Å². The van der Waals surface area contributed by atoms with E-state index < -0.39 is 0 Å². The Labute approximate surface area is 105 Å². The molecule has 0 aliphatic heterocycles. The molecule has 2 rings (SSSR count). The van der Waals surface area contributed by atoms with Gasteiger partial charge in [-0.2, -0.15) is 5.10 Å². The van der Waals surface area contributed by atoms with Crippen LogP contribution < -0.4 is 5.32 Å². The molecule has 1 atom stereocenters. The summed E-state index contributed by atoms with van der Waals surface area (Å²) in [5, 5.41) is 8.26. The molecule has 0 aromatic carbocycles. The minimum atomic E-state index is 0.109. The zero-order valence-corrected chi connectivity index (χ0v) is 10.9. The van der Waals surface area contributed by atoms with E-state index in [1.807, 2.05) is 31.9 Å². The van der Waals surface area contributed by atoms with E-state index in [1.165, 1.54) is 0 Å². The Balaban J connectivity index is 2.24. The van der Waals surface area contributed by atoms with Crippen molar-refractivity contribution in [3.8, 4) is 0 Å². The van der Waals surface area contributed by atoms with Crippen LogP contribution >= 0.6 is 11.6 Å². The lowest BCUT2D eigenvalue weighted by Crippen LogP contribution is -2.21. The number of aromatic nitrogens is 4. The van der Waals surface area contributed by atoms with Gasteiger partial charge in [-0.05, 0) is 14.0 Å². The zero-order chi connectivity index (χ0) is 12.4. The molecule has 5 nitrogen and oxygen atoms in total. The number of halogens is 1. The number of hydrogen-bond donors (Lipinski definition) is 2. The molecule has 2 aromatic rings. The summed E-state index contributed by atoms with van der Waals surface area (Å²) < 4.78 is 1.82. The highest BCUT2D eigenvalue weighted by Gasteiger charge is 2.18. The largest absolute Gasteiger partial charge is 0.347 e. The zero-order valence-electron chi connectivity index (χ0n) is 10.2. The lowest BCUT2D eigenvalue weighted by Gasteiger charge is -2.14.